The van der Waals surface area contributed by atoms with Crippen LogP contribution in [0.25, 0.3) is 0 Å². The molecule has 6 nitrogen and oxygen atoms in total. The molecule has 32 heavy (non-hydrogen) atoms. The molecule has 0 spiro atoms. The average molecular weight is 454 g/mol. The summed E-state index contributed by atoms with van der Waals surface area (Å²) in [7, 11) is 2.97. The number of ether oxygens (including phenoxy) is 3. The lowest BCUT2D eigenvalue weighted by Crippen LogP contribution is -2.41. The molecule has 1 aromatic carbocycles. The largest absolute Gasteiger partial charge is 0.493 e. The van der Waals surface area contributed by atoms with Gasteiger partial charge in [0.2, 0.25) is 0 Å². The van der Waals surface area contributed by atoms with Gasteiger partial charge in [-0.05, 0) is 48.4 Å². The number of carbonyl (C=O) groups is 2. The van der Waals surface area contributed by atoms with Gasteiger partial charge in [0.05, 0.1) is 20.8 Å². The molecular weight excluding hydrogens is 426 g/mol. The van der Waals surface area contributed by atoms with E-state index >= 15 is 0 Å². The van der Waals surface area contributed by atoms with Crippen LogP contribution in [0.2, 0.25) is 0 Å². The highest BCUT2D eigenvalue weighted by atomic mass is 32.1. The van der Waals surface area contributed by atoms with E-state index in [1.807, 2.05) is 42.6 Å². The number of thiophene rings is 1. The number of Topliss-reactive ketones (excluding diaryl/α,β-unsaturated/α-hetero) is 1. The molecule has 2 heterocycles. The van der Waals surface area contributed by atoms with Gasteiger partial charge in [-0.1, -0.05) is 18.7 Å². The molecular formula is C25H27NO5S. The summed E-state index contributed by atoms with van der Waals surface area (Å²) in [5.41, 5.74) is 3.08. The van der Waals surface area contributed by atoms with Crippen LogP contribution in [0, 0.1) is 5.92 Å². The third kappa shape index (κ3) is 3.93. The van der Waals surface area contributed by atoms with Crippen molar-refractivity contribution >= 4 is 23.1 Å². The molecule has 168 valence electrons. The number of methoxy groups -OCH3 is 2. The number of esters is 1. The summed E-state index contributed by atoms with van der Waals surface area (Å²) in [6.07, 6.45) is 1.01. The first-order valence-corrected chi connectivity index (χ1v) is 11.5. The van der Waals surface area contributed by atoms with Crippen LogP contribution in [-0.4, -0.2) is 32.6 Å². The Labute approximate surface area is 191 Å². The number of carbonyl (C=O) groups excluding carboxylic acids is 2. The molecule has 0 amide bonds. The van der Waals surface area contributed by atoms with Gasteiger partial charge in [0.15, 0.2) is 17.3 Å². The second-order valence-electron chi connectivity index (χ2n) is 7.91. The Morgan fingerprint density at radius 1 is 1.22 bits per heavy atom. The topological polar surface area (TPSA) is 73.9 Å². The maximum absolute atomic E-state index is 13.5. The highest BCUT2D eigenvalue weighted by Gasteiger charge is 2.45. The molecule has 1 aromatic heterocycles. The summed E-state index contributed by atoms with van der Waals surface area (Å²) in [5.74, 6) is -0.0405. The molecule has 0 saturated carbocycles. The number of allylic oxidation sites excluding steroid dienone is 2. The fourth-order valence-corrected chi connectivity index (χ4v) is 5.55. The van der Waals surface area contributed by atoms with Crippen LogP contribution in [0.1, 0.15) is 42.0 Å². The Balaban J connectivity index is 1.72. The predicted octanol–water partition coefficient (Wildman–Crippen LogP) is 4.55. The minimum atomic E-state index is -0.636. The van der Waals surface area contributed by atoms with Crippen molar-refractivity contribution in [3.05, 3.63) is 69.7 Å². The molecule has 1 N–H and O–H groups in total. The van der Waals surface area contributed by atoms with E-state index < -0.39 is 11.9 Å². The van der Waals surface area contributed by atoms with E-state index in [1.165, 1.54) is 18.4 Å². The zero-order valence-electron chi connectivity index (χ0n) is 18.5. The van der Waals surface area contributed by atoms with E-state index in [4.69, 9.17) is 14.2 Å². The summed E-state index contributed by atoms with van der Waals surface area (Å²) in [6, 6.07) is 9.72. The molecule has 0 fully saturated rings. The van der Waals surface area contributed by atoms with Crippen molar-refractivity contribution < 1.29 is 23.8 Å². The SMILES string of the molecule is C=C1NC2=C(C(=O)CC(c3ccc(OCC)c(OC)c3)C2)C(c2cccs2)C1C(=O)OC. The Bertz CT molecular complexity index is 1070. The van der Waals surface area contributed by atoms with E-state index in [-0.39, 0.29) is 17.6 Å². The second kappa shape index (κ2) is 9.20. The molecule has 3 atom stereocenters. The van der Waals surface area contributed by atoms with Crippen LogP contribution in [0.5, 0.6) is 11.5 Å². The predicted molar refractivity (Wildman–Crippen MR) is 123 cm³/mol. The van der Waals surface area contributed by atoms with Gasteiger partial charge in [0.1, 0.15) is 5.92 Å². The fourth-order valence-electron chi connectivity index (χ4n) is 4.68. The smallest absolute Gasteiger partial charge is 0.315 e. The zero-order valence-corrected chi connectivity index (χ0v) is 19.3. The molecule has 0 bridgehead atoms. The van der Waals surface area contributed by atoms with Gasteiger partial charge in [-0.3, -0.25) is 9.59 Å². The Hall–Kier alpha value is -3.06. The molecule has 2 aromatic rings. The fraction of sp³-hybridized carbons (Fsp3) is 0.360. The van der Waals surface area contributed by atoms with Crippen molar-refractivity contribution in [2.24, 2.45) is 5.92 Å². The van der Waals surface area contributed by atoms with Crippen molar-refractivity contribution in [2.75, 3.05) is 20.8 Å². The summed E-state index contributed by atoms with van der Waals surface area (Å²) in [6.45, 7) is 6.58. The molecule has 3 unspecified atom stereocenters. The molecule has 2 aliphatic rings. The standard InChI is InChI=1S/C25H27NO5S/c1-5-31-19-9-8-15(13-20(19)29-3)16-11-17-23(18(27)12-16)24(21-7-6-10-32-21)22(14(2)26-17)25(28)30-4/h6-10,13,16,22,24,26H,2,5,11-12H2,1,3-4H3. The summed E-state index contributed by atoms with van der Waals surface area (Å²) < 4.78 is 16.2. The summed E-state index contributed by atoms with van der Waals surface area (Å²) in [4.78, 5) is 27.1. The van der Waals surface area contributed by atoms with E-state index in [9.17, 15) is 9.59 Å². The van der Waals surface area contributed by atoms with E-state index in [2.05, 4.69) is 11.9 Å². The number of nitrogens with one attached hydrogen (secondary N) is 1. The zero-order chi connectivity index (χ0) is 22.8. The van der Waals surface area contributed by atoms with Gasteiger partial charge in [0, 0.05) is 34.2 Å². The first-order chi connectivity index (χ1) is 15.5. The lowest BCUT2D eigenvalue weighted by molar-refractivity contribution is -0.144. The maximum atomic E-state index is 13.5. The van der Waals surface area contributed by atoms with Crippen LogP contribution in [0.15, 0.2) is 59.3 Å². The molecule has 4 rings (SSSR count). The quantitative estimate of drug-likeness (QED) is 0.647. The third-order valence-corrected chi connectivity index (χ3v) is 7.06. The Morgan fingerprint density at radius 3 is 2.69 bits per heavy atom. The maximum Gasteiger partial charge on any atom is 0.315 e. The second-order valence-corrected chi connectivity index (χ2v) is 8.89. The normalized spacial score (nSPS) is 22.8. The lowest BCUT2D eigenvalue weighted by atomic mass is 9.71. The van der Waals surface area contributed by atoms with Gasteiger partial charge in [-0.15, -0.1) is 11.3 Å². The van der Waals surface area contributed by atoms with Gasteiger partial charge in [-0.2, -0.15) is 0 Å². The minimum Gasteiger partial charge on any atom is -0.493 e. The van der Waals surface area contributed by atoms with Crippen LogP contribution in [0.3, 0.4) is 0 Å². The average Bonchev–Trinajstić information content (AvgIpc) is 3.32. The molecule has 7 heteroatoms. The number of ketones is 1. The van der Waals surface area contributed by atoms with Crippen molar-refractivity contribution in [3.63, 3.8) is 0 Å². The van der Waals surface area contributed by atoms with Crippen LogP contribution in [0.4, 0.5) is 0 Å². The van der Waals surface area contributed by atoms with E-state index in [0.717, 1.165) is 16.1 Å². The molecule has 1 aliphatic carbocycles. The Morgan fingerprint density at radius 2 is 2.03 bits per heavy atom. The highest BCUT2D eigenvalue weighted by molar-refractivity contribution is 7.10. The van der Waals surface area contributed by atoms with Crippen LogP contribution < -0.4 is 14.8 Å². The van der Waals surface area contributed by atoms with Crippen LogP contribution >= 0.6 is 11.3 Å². The van der Waals surface area contributed by atoms with Gasteiger partial charge in [0.25, 0.3) is 0 Å². The lowest BCUT2D eigenvalue weighted by Gasteiger charge is -2.39. The summed E-state index contributed by atoms with van der Waals surface area (Å²) in [5, 5.41) is 5.23. The van der Waals surface area contributed by atoms with Gasteiger partial charge in [-0.25, -0.2) is 0 Å². The van der Waals surface area contributed by atoms with Crippen molar-refractivity contribution in [1.82, 2.24) is 5.32 Å². The van der Waals surface area contributed by atoms with Crippen LogP contribution in [-0.2, 0) is 14.3 Å². The van der Waals surface area contributed by atoms with E-state index in [0.29, 0.717) is 42.2 Å². The first-order valence-electron chi connectivity index (χ1n) is 10.6. The number of benzene rings is 1. The van der Waals surface area contributed by atoms with Crippen molar-refractivity contribution in [3.8, 4) is 11.5 Å². The highest BCUT2D eigenvalue weighted by Crippen LogP contribution is 2.48. The Kier molecular flexibility index (Phi) is 6.37. The van der Waals surface area contributed by atoms with Gasteiger partial charge >= 0.3 is 5.97 Å². The van der Waals surface area contributed by atoms with E-state index in [1.54, 1.807) is 7.11 Å². The number of rotatable bonds is 6. The van der Waals surface area contributed by atoms with Crippen molar-refractivity contribution in [1.29, 1.82) is 0 Å². The van der Waals surface area contributed by atoms with Gasteiger partial charge < -0.3 is 19.5 Å². The number of hydrogen-bond donors (Lipinski definition) is 1. The van der Waals surface area contributed by atoms with Crippen molar-refractivity contribution in [2.45, 2.75) is 31.6 Å². The minimum absolute atomic E-state index is 0.00945. The molecule has 0 saturated heterocycles. The molecule has 0 radical (unpaired) electrons. The summed E-state index contributed by atoms with van der Waals surface area (Å²) >= 11 is 1.54. The first kappa shape index (κ1) is 22.1. The molecule has 1 aliphatic heterocycles. The third-order valence-electron chi connectivity index (χ3n) is 6.10. The monoisotopic (exact) mass is 453 g/mol. The number of hydrogen-bond acceptors (Lipinski definition) is 7.